The van der Waals surface area contributed by atoms with E-state index in [2.05, 4.69) is 39.6 Å². The van der Waals surface area contributed by atoms with Crippen molar-refractivity contribution in [2.45, 2.75) is 45.4 Å². The second-order valence-corrected chi connectivity index (χ2v) is 10.0. The Kier molecular flexibility index (Phi) is 7.62. The van der Waals surface area contributed by atoms with Crippen molar-refractivity contribution in [1.82, 2.24) is 10.3 Å². The fourth-order valence-electron chi connectivity index (χ4n) is 4.77. The number of unbranched alkanes of at least 4 members (excludes halogenated alkanes) is 1. The van der Waals surface area contributed by atoms with Crippen LogP contribution in [-0.4, -0.2) is 49.5 Å². The lowest BCUT2D eigenvalue weighted by Gasteiger charge is -2.38. The normalized spacial score (nSPS) is 15.4. The molecule has 1 aliphatic carbocycles. The summed E-state index contributed by atoms with van der Waals surface area (Å²) < 4.78 is 20.7. The van der Waals surface area contributed by atoms with Gasteiger partial charge in [-0.15, -0.1) is 0 Å². The monoisotopic (exact) mass is 519 g/mol. The number of aromatic nitrogens is 1. The lowest BCUT2D eigenvalue weighted by atomic mass is 10.1. The molecule has 2 aliphatic rings. The number of halogens is 1. The number of para-hydroxylation sites is 1. The molecule has 9 heteroatoms. The zero-order valence-electron chi connectivity index (χ0n) is 21.9. The first-order chi connectivity index (χ1) is 18.4. The summed E-state index contributed by atoms with van der Waals surface area (Å²) in [6.45, 7) is 7.32. The Labute approximate surface area is 222 Å². The van der Waals surface area contributed by atoms with Gasteiger partial charge < -0.3 is 24.9 Å². The molecule has 1 saturated heterocycles. The van der Waals surface area contributed by atoms with Gasteiger partial charge in [0.2, 0.25) is 0 Å². The fourth-order valence-corrected chi connectivity index (χ4v) is 4.77. The minimum Gasteiger partial charge on any atom is -0.448 e. The molecule has 3 aromatic rings. The summed E-state index contributed by atoms with van der Waals surface area (Å²) in [6, 6.07) is 11.0. The molecular weight excluding hydrogens is 485 g/mol. The Morgan fingerprint density at radius 3 is 2.45 bits per heavy atom. The highest BCUT2D eigenvalue weighted by atomic mass is 19.1. The smallest absolute Gasteiger partial charge is 0.277 e. The third kappa shape index (κ3) is 5.66. The number of carbonyl (C=O) groups excluding carboxylic acids is 2. The van der Waals surface area contributed by atoms with Gasteiger partial charge >= 0.3 is 0 Å². The first-order valence-electron chi connectivity index (χ1n) is 13.4. The van der Waals surface area contributed by atoms with E-state index in [0.29, 0.717) is 36.9 Å². The minimum atomic E-state index is -0.620. The number of rotatable bonds is 9. The van der Waals surface area contributed by atoms with Crippen LogP contribution >= 0.6 is 0 Å². The largest absolute Gasteiger partial charge is 0.448 e. The van der Waals surface area contributed by atoms with Gasteiger partial charge in [-0.3, -0.25) is 9.59 Å². The molecule has 1 aliphatic heterocycles. The predicted octanol–water partition coefficient (Wildman–Crippen LogP) is 5.11. The van der Waals surface area contributed by atoms with Crippen molar-refractivity contribution in [3.63, 3.8) is 0 Å². The quantitative estimate of drug-likeness (QED) is 0.382. The van der Waals surface area contributed by atoms with Crippen molar-refractivity contribution in [1.29, 1.82) is 0 Å². The molecule has 0 spiro atoms. The van der Waals surface area contributed by atoms with E-state index in [0.717, 1.165) is 38.8 Å². The first kappa shape index (κ1) is 25.8. The van der Waals surface area contributed by atoms with Crippen LogP contribution in [0.5, 0.6) is 0 Å². The lowest BCUT2D eigenvalue weighted by Crippen LogP contribution is -2.47. The average molecular weight is 520 g/mol. The molecule has 2 amide bonds. The SMILES string of the molecule is CCCCNC(=O)c1cc(NC(=O)c2coc(C3CC3)n2)c(N2CCN(c3ccccc3C)CC2)cc1F. The van der Waals surface area contributed by atoms with Crippen LogP contribution in [0, 0.1) is 12.7 Å². The van der Waals surface area contributed by atoms with E-state index >= 15 is 4.39 Å². The van der Waals surface area contributed by atoms with Crippen molar-refractivity contribution in [2.24, 2.45) is 0 Å². The van der Waals surface area contributed by atoms with Crippen molar-refractivity contribution >= 4 is 28.9 Å². The number of aryl methyl sites for hydroxylation is 1. The van der Waals surface area contributed by atoms with Gasteiger partial charge in [0.05, 0.1) is 16.9 Å². The number of nitrogens with zero attached hydrogens (tertiary/aromatic N) is 3. The molecular formula is C29H34FN5O3. The van der Waals surface area contributed by atoms with E-state index in [1.54, 1.807) is 0 Å². The van der Waals surface area contributed by atoms with Gasteiger partial charge in [0.15, 0.2) is 11.6 Å². The van der Waals surface area contributed by atoms with Crippen LogP contribution in [0.15, 0.2) is 47.1 Å². The molecule has 2 aromatic carbocycles. The number of nitrogens with one attached hydrogen (secondary N) is 2. The second-order valence-electron chi connectivity index (χ2n) is 10.0. The number of amides is 2. The van der Waals surface area contributed by atoms with Crippen molar-refractivity contribution in [2.75, 3.05) is 47.8 Å². The van der Waals surface area contributed by atoms with Gasteiger partial charge in [-0.2, -0.15) is 0 Å². The molecule has 1 aromatic heterocycles. The number of hydrogen-bond acceptors (Lipinski definition) is 6. The molecule has 2 N–H and O–H groups in total. The standard InChI is InChI=1S/C29H34FN5O3/c1-3-4-11-31-27(36)21-16-23(32-28(37)24-18-38-29(33-24)20-9-10-20)26(17-22(21)30)35-14-12-34(13-15-35)25-8-6-5-7-19(25)2/h5-8,16-18,20H,3-4,9-15H2,1-2H3,(H,31,36)(H,32,37). The maximum atomic E-state index is 15.3. The molecule has 0 atom stereocenters. The summed E-state index contributed by atoms with van der Waals surface area (Å²) in [6.07, 6.45) is 5.09. The number of anilines is 3. The van der Waals surface area contributed by atoms with Gasteiger partial charge in [0.25, 0.3) is 11.8 Å². The van der Waals surface area contributed by atoms with Crippen LogP contribution in [0.2, 0.25) is 0 Å². The van der Waals surface area contributed by atoms with E-state index in [1.807, 2.05) is 24.0 Å². The number of oxazole rings is 1. The van der Waals surface area contributed by atoms with E-state index in [1.165, 1.54) is 29.6 Å². The Morgan fingerprint density at radius 1 is 1.05 bits per heavy atom. The molecule has 0 unspecified atom stereocenters. The van der Waals surface area contributed by atoms with Crippen LogP contribution in [0.1, 0.15) is 70.8 Å². The predicted molar refractivity (Wildman–Crippen MR) is 146 cm³/mol. The second kappa shape index (κ2) is 11.2. The molecule has 8 nitrogen and oxygen atoms in total. The summed E-state index contributed by atoms with van der Waals surface area (Å²) in [5.74, 6) is -0.728. The highest BCUT2D eigenvalue weighted by molar-refractivity contribution is 6.06. The van der Waals surface area contributed by atoms with Crippen LogP contribution in [0.3, 0.4) is 0 Å². The highest BCUT2D eigenvalue weighted by Crippen LogP contribution is 2.39. The van der Waals surface area contributed by atoms with E-state index in [4.69, 9.17) is 4.42 Å². The zero-order chi connectivity index (χ0) is 26.6. The maximum Gasteiger partial charge on any atom is 0.277 e. The summed E-state index contributed by atoms with van der Waals surface area (Å²) >= 11 is 0. The van der Waals surface area contributed by atoms with Crippen molar-refractivity contribution in [3.05, 3.63) is 71.2 Å². The summed E-state index contributed by atoms with van der Waals surface area (Å²) in [7, 11) is 0. The number of hydrogen-bond donors (Lipinski definition) is 2. The van der Waals surface area contributed by atoms with Crippen LogP contribution in [0.4, 0.5) is 21.5 Å². The van der Waals surface area contributed by atoms with Gasteiger partial charge in [0.1, 0.15) is 12.1 Å². The Balaban J connectivity index is 1.39. The Bertz CT molecular complexity index is 1310. The minimum absolute atomic E-state index is 0.0995. The molecule has 0 radical (unpaired) electrons. The van der Waals surface area contributed by atoms with Crippen LogP contribution in [0.25, 0.3) is 0 Å². The van der Waals surface area contributed by atoms with Gasteiger partial charge in [-0.25, -0.2) is 9.37 Å². The van der Waals surface area contributed by atoms with Gasteiger partial charge in [0, 0.05) is 50.4 Å². The van der Waals surface area contributed by atoms with E-state index < -0.39 is 17.6 Å². The van der Waals surface area contributed by atoms with E-state index in [-0.39, 0.29) is 17.2 Å². The third-order valence-electron chi connectivity index (χ3n) is 7.15. The number of piperazine rings is 1. The topological polar surface area (TPSA) is 90.7 Å². The lowest BCUT2D eigenvalue weighted by molar-refractivity contribution is 0.0947. The van der Waals surface area contributed by atoms with Gasteiger partial charge in [-0.05, 0) is 43.9 Å². The highest BCUT2D eigenvalue weighted by Gasteiger charge is 2.30. The summed E-state index contributed by atoms with van der Waals surface area (Å²) in [5.41, 5.74) is 3.37. The summed E-state index contributed by atoms with van der Waals surface area (Å²) in [4.78, 5) is 34.5. The van der Waals surface area contributed by atoms with E-state index in [9.17, 15) is 9.59 Å². The molecule has 38 heavy (non-hydrogen) atoms. The fraction of sp³-hybridized carbons (Fsp3) is 0.414. The third-order valence-corrected chi connectivity index (χ3v) is 7.15. The Hall–Kier alpha value is -3.88. The Morgan fingerprint density at radius 2 is 1.76 bits per heavy atom. The zero-order valence-corrected chi connectivity index (χ0v) is 21.9. The molecule has 5 rings (SSSR count). The summed E-state index contributed by atoms with van der Waals surface area (Å²) in [5, 5.41) is 5.64. The average Bonchev–Trinajstić information content (AvgIpc) is 3.66. The maximum absolute atomic E-state index is 15.3. The number of benzene rings is 2. The van der Waals surface area contributed by atoms with Crippen molar-refractivity contribution < 1.29 is 18.4 Å². The van der Waals surface area contributed by atoms with Crippen molar-refractivity contribution in [3.8, 4) is 0 Å². The molecule has 1 saturated carbocycles. The van der Waals surface area contributed by atoms with Crippen LogP contribution < -0.4 is 20.4 Å². The molecule has 200 valence electrons. The molecule has 0 bridgehead atoms. The first-order valence-corrected chi connectivity index (χ1v) is 13.4. The molecule has 2 fully saturated rings. The van der Waals surface area contributed by atoms with Crippen LogP contribution in [-0.2, 0) is 0 Å². The molecule has 2 heterocycles. The number of carbonyl (C=O) groups is 2. The van der Waals surface area contributed by atoms with Gasteiger partial charge in [-0.1, -0.05) is 31.5 Å².